The monoisotopic (exact) mass is 606 g/mol. The van der Waals surface area contributed by atoms with Crippen molar-refractivity contribution in [2.75, 3.05) is 20.2 Å². The molecule has 0 saturated carbocycles. The van der Waals surface area contributed by atoms with Gasteiger partial charge in [-0.25, -0.2) is 9.59 Å². The Bertz CT molecular complexity index is 1630. The molecule has 4 aromatic rings. The van der Waals surface area contributed by atoms with E-state index in [1.165, 1.54) is 6.92 Å². The third kappa shape index (κ3) is 7.07. The smallest absolute Gasteiger partial charge is 0.416 e. The molecule has 1 saturated heterocycles. The van der Waals surface area contributed by atoms with Crippen LogP contribution in [-0.2, 0) is 23.9 Å². The van der Waals surface area contributed by atoms with Crippen LogP contribution < -0.4 is 9.47 Å². The van der Waals surface area contributed by atoms with Crippen molar-refractivity contribution in [1.29, 1.82) is 0 Å². The van der Waals surface area contributed by atoms with Crippen molar-refractivity contribution in [1.82, 2.24) is 9.80 Å². The zero-order valence-corrected chi connectivity index (χ0v) is 24.4. The molecule has 10 heteroatoms. The van der Waals surface area contributed by atoms with Crippen molar-refractivity contribution in [3.05, 3.63) is 108 Å². The molecule has 0 bridgehead atoms. The second-order valence-corrected chi connectivity index (χ2v) is 11.2. The second kappa shape index (κ2) is 12.5. The average molecular weight is 607 g/mol. The number of hydrogen-bond donors (Lipinski definition) is 1. The van der Waals surface area contributed by atoms with E-state index in [9.17, 15) is 27.9 Å². The van der Waals surface area contributed by atoms with Crippen LogP contribution in [-0.4, -0.2) is 58.7 Å². The first-order valence-corrected chi connectivity index (χ1v) is 14.2. The van der Waals surface area contributed by atoms with Gasteiger partial charge in [0.1, 0.15) is 11.5 Å². The lowest BCUT2D eigenvalue weighted by Gasteiger charge is -2.27. The van der Waals surface area contributed by atoms with Crippen LogP contribution in [0.2, 0.25) is 0 Å². The van der Waals surface area contributed by atoms with Crippen LogP contribution in [0.25, 0.3) is 10.8 Å². The Labute approximate surface area is 253 Å². The van der Waals surface area contributed by atoms with E-state index < -0.39 is 23.3 Å². The Balaban J connectivity index is 1.13. The third-order valence-electron chi connectivity index (χ3n) is 7.90. The van der Waals surface area contributed by atoms with Gasteiger partial charge in [0, 0.05) is 33.0 Å². The Morgan fingerprint density at radius 3 is 2.20 bits per heavy atom. The van der Waals surface area contributed by atoms with Crippen molar-refractivity contribution < 1.29 is 37.3 Å². The van der Waals surface area contributed by atoms with Crippen LogP contribution in [0.15, 0.2) is 91.0 Å². The quantitative estimate of drug-likeness (QED) is 0.198. The number of aliphatic carboxylic acids is 1. The second-order valence-electron chi connectivity index (χ2n) is 11.2. The molecule has 1 aliphatic rings. The minimum Gasteiger partial charge on any atom is -0.494 e. The fourth-order valence-electron chi connectivity index (χ4n) is 5.34. The van der Waals surface area contributed by atoms with Gasteiger partial charge >= 0.3 is 18.2 Å². The van der Waals surface area contributed by atoms with Gasteiger partial charge in [-0.05, 0) is 71.3 Å². The summed E-state index contributed by atoms with van der Waals surface area (Å²) in [5.41, 5.74) is -0.826. The molecule has 1 aliphatic heterocycles. The average Bonchev–Trinajstić information content (AvgIpc) is 3.25. The van der Waals surface area contributed by atoms with E-state index in [-0.39, 0.29) is 24.2 Å². The number of ether oxygens (including phenoxy) is 2. The number of carbonyl (C=O) groups excluding carboxylic acids is 1. The third-order valence-corrected chi connectivity index (χ3v) is 7.90. The number of rotatable bonds is 11. The van der Waals surface area contributed by atoms with Crippen molar-refractivity contribution in [2.24, 2.45) is 0 Å². The van der Waals surface area contributed by atoms with Crippen molar-refractivity contribution >= 4 is 22.8 Å². The summed E-state index contributed by atoms with van der Waals surface area (Å²) < 4.78 is 50.1. The zero-order chi connectivity index (χ0) is 31.5. The normalized spacial score (nSPS) is 16.7. The van der Waals surface area contributed by atoms with Gasteiger partial charge in [-0.1, -0.05) is 48.5 Å². The van der Waals surface area contributed by atoms with Gasteiger partial charge < -0.3 is 24.4 Å². The summed E-state index contributed by atoms with van der Waals surface area (Å²) in [7, 11) is 1.80. The molecule has 4 aromatic carbocycles. The number of alkyl halides is 3. The number of carboxylic acid groups (broad SMARTS) is 1. The topological polar surface area (TPSA) is 79.3 Å². The number of likely N-dealkylation sites (N-methyl/N-ethyl adjacent to an activating group) is 1. The van der Waals surface area contributed by atoms with Crippen molar-refractivity contribution in [3.8, 4) is 11.5 Å². The first-order valence-electron chi connectivity index (χ1n) is 14.2. The number of carboxylic acids is 1. The molecule has 5 rings (SSSR count). The first kappa shape index (κ1) is 30.7. The summed E-state index contributed by atoms with van der Waals surface area (Å²) in [6, 6.07) is 25.2. The maximum absolute atomic E-state index is 12.9. The van der Waals surface area contributed by atoms with Crippen molar-refractivity contribution in [2.45, 2.75) is 44.1 Å². The highest BCUT2D eigenvalue weighted by molar-refractivity contribution is 5.83. The molecular weight excluding hydrogens is 573 g/mol. The minimum atomic E-state index is -4.50. The predicted octanol–water partition coefficient (Wildman–Crippen LogP) is 7.03. The van der Waals surface area contributed by atoms with E-state index in [1.54, 1.807) is 36.2 Å². The van der Waals surface area contributed by atoms with Crippen LogP contribution in [0, 0.1) is 0 Å². The van der Waals surface area contributed by atoms with Gasteiger partial charge in [0.05, 0.1) is 18.2 Å². The number of carbonyl (C=O) groups is 2. The molecule has 0 aliphatic carbocycles. The SMILES string of the molecule is CN1C(=O)N(Cc2ccc3ccccc3c2)CC1CCOc1ccc(CC(C)(Oc2ccc(C(F)(F)F)cc2)C(=O)O)cc1. The Hall–Kier alpha value is -4.73. The van der Waals surface area contributed by atoms with E-state index >= 15 is 0 Å². The Morgan fingerprint density at radius 1 is 0.909 bits per heavy atom. The van der Waals surface area contributed by atoms with E-state index in [1.807, 2.05) is 17.0 Å². The van der Waals surface area contributed by atoms with Gasteiger partial charge in [-0.15, -0.1) is 0 Å². The number of amides is 2. The predicted molar refractivity (Wildman–Crippen MR) is 160 cm³/mol. The maximum Gasteiger partial charge on any atom is 0.416 e. The highest BCUT2D eigenvalue weighted by Crippen LogP contribution is 2.32. The number of hydrogen-bond acceptors (Lipinski definition) is 4. The van der Waals surface area contributed by atoms with Crippen LogP contribution in [0.4, 0.5) is 18.0 Å². The summed E-state index contributed by atoms with van der Waals surface area (Å²) in [5, 5.41) is 12.1. The van der Waals surface area contributed by atoms with Gasteiger partial charge in [0.15, 0.2) is 0 Å². The molecule has 44 heavy (non-hydrogen) atoms. The lowest BCUT2D eigenvalue weighted by atomic mass is 9.96. The van der Waals surface area contributed by atoms with E-state index in [4.69, 9.17) is 9.47 Å². The molecule has 2 amide bonds. The van der Waals surface area contributed by atoms with Crippen molar-refractivity contribution in [3.63, 3.8) is 0 Å². The standard InChI is InChI=1S/C34H33F3N2O5/c1-33(31(40)41,44-30-15-11-27(12-16-30)34(35,36)37)20-23-8-13-29(14-9-23)43-18-17-28-22-39(32(42)38(28)2)21-24-7-10-25-5-3-4-6-26(25)19-24/h3-16,19,28H,17-18,20-22H2,1-2H3,(H,40,41). The van der Waals surface area contributed by atoms with Gasteiger partial charge in [-0.2, -0.15) is 13.2 Å². The number of nitrogens with zero attached hydrogens (tertiary/aromatic N) is 2. The summed E-state index contributed by atoms with van der Waals surface area (Å²) in [6.45, 7) is 2.89. The fourth-order valence-corrected chi connectivity index (χ4v) is 5.34. The summed E-state index contributed by atoms with van der Waals surface area (Å²) in [5.74, 6) is -0.633. The highest BCUT2D eigenvalue weighted by Gasteiger charge is 2.37. The number of benzene rings is 4. The zero-order valence-electron chi connectivity index (χ0n) is 24.4. The molecule has 1 N–H and O–H groups in total. The molecule has 1 heterocycles. The number of fused-ring (bicyclic) bond motifs is 1. The lowest BCUT2D eigenvalue weighted by Crippen LogP contribution is -2.43. The molecule has 2 unspecified atom stereocenters. The minimum absolute atomic E-state index is 0.000787. The highest BCUT2D eigenvalue weighted by atomic mass is 19.4. The number of halogens is 3. The summed E-state index contributed by atoms with van der Waals surface area (Å²) in [4.78, 5) is 28.5. The molecule has 2 atom stereocenters. The summed E-state index contributed by atoms with van der Waals surface area (Å²) in [6.07, 6.45) is -3.89. The van der Waals surface area contributed by atoms with Crippen LogP contribution in [0.3, 0.4) is 0 Å². The maximum atomic E-state index is 12.9. The molecule has 230 valence electrons. The molecule has 0 radical (unpaired) electrons. The Kier molecular flexibility index (Phi) is 8.71. The van der Waals surface area contributed by atoms with E-state index in [0.29, 0.717) is 37.4 Å². The Morgan fingerprint density at radius 2 is 1.55 bits per heavy atom. The molecule has 1 fully saturated rings. The molecule has 0 spiro atoms. The molecule has 0 aromatic heterocycles. The number of urea groups is 1. The van der Waals surface area contributed by atoms with Gasteiger partial charge in [0.2, 0.25) is 5.60 Å². The summed E-state index contributed by atoms with van der Waals surface area (Å²) >= 11 is 0. The van der Waals surface area contributed by atoms with Crippen LogP contribution in [0.1, 0.15) is 30.0 Å². The van der Waals surface area contributed by atoms with Gasteiger partial charge in [-0.3, -0.25) is 0 Å². The molecular formula is C34H33F3N2O5. The first-order chi connectivity index (χ1) is 20.9. The van der Waals surface area contributed by atoms with Crippen LogP contribution >= 0.6 is 0 Å². The fraction of sp³-hybridized carbons (Fsp3) is 0.294. The van der Waals surface area contributed by atoms with E-state index in [2.05, 4.69) is 30.3 Å². The largest absolute Gasteiger partial charge is 0.494 e. The molecule has 7 nitrogen and oxygen atoms in total. The van der Waals surface area contributed by atoms with Gasteiger partial charge in [0.25, 0.3) is 0 Å². The van der Waals surface area contributed by atoms with E-state index in [0.717, 1.165) is 40.6 Å². The lowest BCUT2D eigenvalue weighted by molar-refractivity contribution is -0.153. The van der Waals surface area contributed by atoms with Crippen LogP contribution in [0.5, 0.6) is 11.5 Å².